The highest BCUT2D eigenvalue weighted by atomic mass is 19.4. The Hall–Kier alpha value is -2.47. The zero-order chi connectivity index (χ0) is 24.1. The Morgan fingerprint density at radius 3 is 2.36 bits per heavy atom. The molecule has 3 aliphatic heterocycles. The summed E-state index contributed by atoms with van der Waals surface area (Å²) in [4.78, 5) is 32.1. The molecule has 0 saturated carbocycles. The van der Waals surface area contributed by atoms with Crippen LogP contribution in [0.5, 0.6) is 0 Å². The van der Waals surface area contributed by atoms with E-state index in [0.29, 0.717) is 31.0 Å². The lowest BCUT2D eigenvalue weighted by Crippen LogP contribution is -2.67. The molecule has 9 nitrogen and oxygen atoms in total. The van der Waals surface area contributed by atoms with E-state index in [1.165, 1.54) is 0 Å². The minimum Gasteiger partial charge on any atom is -0.475 e. The van der Waals surface area contributed by atoms with Crippen molar-refractivity contribution in [2.75, 3.05) is 44.8 Å². The molecule has 0 aliphatic carbocycles. The Morgan fingerprint density at radius 1 is 1.18 bits per heavy atom. The van der Waals surface area contributed by atoms with E-state index < -0.39 is 12.1 Å². The van der Waals surface area contributed by atoms with Crippen LogP contribution in [-0.4, -0.2) is 83.1 Å². The number of hydrogen-bond donors (Lipinski definition) is 2. The quantitative estimate of drug-likeness (QED) is 0.668. The fourth-order valence-corrected chi connectivity index (χ4v) is 4.34. The fraction of sp³-hybridized carbons (Fsp3) is 0.714. The van der Waals surface area contributed by atoms with E-state index in [2.05, 4.69) is 15.3 Å². The van der Waals surface area contributed by atoms with Crippen molar-refractivity contribution in [1.82, 2.24) is 14.9 Å². The molecular weight excluding hydrogens is 445 g/mol. The number of amides is 1. The van der Waals surface area contributed by atoms with Gasteiger partial charge < -0.3 is 24.8 Å². The van der Waals surface area contributed by atoms with Gasteiger partial charge in [0.25, 0.3) is 0 Å². The number of aliphatic carboxylic acids is 1. The number of carbonyl (C=O) groups is 2. The topological polar surface area (TPSA) is 114 Å². The Kier molecular flexibility index (Phi) is 8.11. The van der Waals surface area contributed by atoms with Crippen LogP contribution < -0.4 is 5.32 Å². The summed E-state index contributed by atoms with van der Waals surface area (Å²) in [6.45, 7) is 6.51. The number of nitrogens with zero attached hydrogens (tertiary/aromatic N) is 3. The van der Waals surface area contributed by atoms with Crippen LogP contribution in [0.2, 0.25) is 0 Å². The molecule has 2 N–H and O–H groups in total. The van der Waals surface area contributed by atoms with E-state index in [1.807, 2.05) is 24.2 Å². The van der Waals surface area contributed by atoms with Gasteiger partial charge in [0.15, 0.2) is 0 Å². The molecule has 12 heteroatoms. The van der Waals surface area contributed by atoms with Crippen molar-refractivity contribution in [3.63, 3.8) is 0 Å². The highest BCUT2D eigenvalue weighted by molar-refractivity contribution is 5.80. The van der Waals surface area contributed by atoms with Gasteiger partial charge in [0.1, 0.15) is 5.60 Å². The summed E-state index contributed by atoms with van der Waals surface area (Å²) in [5.41, 5.74) is 0.929. The molecule has 1 aromatic heterocycles. The predicted molar refractivity (Wildman–Crippen MR) is 110 cm³/mol. The third-order valence-corrected chi connectivity index (χ3v) is 6.20. The van der Waals surface area contributed by atoms with Gasteiger partial charge >= 0.3 is 12.1 Å². The Labute approximate surface area is 189 Å². The molecule has 33 heavy (non-hydrogen) atoms. The van der Waals surface area contributed by atoms with Crippen molar-refractivity contribution in [3.05, 3.63) is 18.0 Å². The number of ether oxygens (including phenoxy) is 2. The number of hydrogen-bond acceptors (Lipinski definition) is 7. The maximum absolute atomic E-state index is 12.6. The van der Waals surface area contributed by atoms with E-state index in [-0.39, 0.29) is 11.5 Å². The van der Waals surface area contributed by atoms with Gasteiger partial charge in [-0.2, -0.15) is 13.2 Å². The number of anilines is 1. The smallest absolute Gasteiger partial charge is 0.475 e. The number of aryl methyl sites for hydroxylation is 1. The lowest BCUT2D eigenvalue weighted by atomic mass is 9.78. The first-order valence-electron chi connectivity index (χ1n) is 10.9. The standard InChI is InChI=1S/C19H28N4O3.C2HF3O2/c1-14-10-21-18(22-11-14)20-6-2-16-5-9-26-19(16)12-23(13-19)17(24)15-3-7-25-8-4-15;3-2(4,5)1(6)7/h10-11,15-16H,2-9,12-13H2,1H3,(H,20,21,22);(H,6,7). The van der Waals surface area contributed by atoms with Gasteiger partial charge in [-0.25, -0.2) is 14.8 Å². The van der Waals surface area contributed by atoms with Crippen molar-refractivity contribution in [2.24, 2.45) is 11.8 Å². The summed E-state index contributed by atoms with van der Waals surface area (Å²) in [6, 6.07) is 0. The molecule has 0 radical (unpaired) electrons. The SMILES string of the molecule is Cc1cnc(NCCC2CCOC23CN(C(=O)C2CCOCC2)C3)nc1.O=C(O)C(F)(F)F. The summed E-state index contributed by atoms with van der Waals surface area (Å²) in [5.74, 6) is -1.17. The number of alkyl halides is 3. The number of rotatable bonds is 5. The molecule has 3 aliphatic rings. The maximum atomic E-state index is 12.6. The number of carboxylic acids is 1. The van der Waals surface area contributed by atoms with Crippen molar-refractivity contribution < 1.29 is 37.3 Å². The van der Waals surface area contributed by atoms with Gasteiger partial charge in [0.05, 0.1) is 13.1 Å². The summed E-state index contributed by atoms with van der Waals surface area (Å²) in [5, 5.41) is 10.4. The van der Waals surface area contributed by atoms with E-state index in [0.717, 1.165) is 57.5 Å². The fourth-order valence-electron chi connectivity index (χ4n) is 4.34. The molecule has 184 valence electrons. The third kappa shape index (κ3) is 6.53. The highest BCUT2D eigenvalue weighted by Gasteiger charge is 2.54. The molecule has 1 unspecified atom stereocenters. The predicted octanol–water partition coefficient (Wildman–Crippen LogP) is 2.26. The lowest BCUT2D eigenvalue weighted by Gasteiger charge is -2.51. The molecule has 1 atom stereocenters. The van der Waals surface area contributed by atoms with Crippen LogP contribution in [0.3, 0.4) is 0 Å². The summed E-state index contributed by atoms with van der Waals surface area (Å²) < 4.78 is 43.2. The zero-order valence-electron chi connectivity index (χ0n) is 18.4. The Bertz CT molecular complexity index is 809. The molecule has 0 aromatic carbocycles. The van der Waals surface area contributed by atoms with E-state index in [9.17, 15) is 18.0 Å². The van der Waals surface area contributed by atoms with Crippen LogP contribution in [0.15, 0.2) is 12.4 Å². The second-order valence-electron chi connectivity index (χ2n) is 8.58. The minimum absolute atomic E-state index is 0.128. The number of likely N-dealkylation sites (tertiary alicyclic amines) is 1. The second-order valence-corrected chi connectivity index (χ2v) is 8.58. The van der Waals surface area contributed by atoms with E-state index in [1.54, 1.807) is 0 Å². The number of halogens is 3. The van der Waals surface area contributed by atoms with Crippen LogP contribution in [0, 0.1) is 18.8 Å². The molecule has 0 bridgehead atoms. The summed E-state index contributed by atoms with van der Waals surface area (Å²) >= 11 is 0. The van der Waals surface area contributed by atoms with Crippen molar-refractivity contribution in [1.29, 1.82) is 0 Å². The molecule has 1 amide bonds. The Morgan fingerprint density at radius 2 is 1.79 bits per heavy atom. The van der Waals surface area contributed by atoms with Gasteiger partial charge in [-0.15, -0.1) is 0 Å². The van der Waals surface area contributed by atoms with E-state index in [4.69, 9.17) is 19.4 Å². The number of carboxylic acid groups (broad SMARTS) is 1. The summed E-state index contributed by atoms with van der Waals surface area (Å²) in [6.07, 6.45) is 2.34. The molecule has 4 heterocycles. The van der Waals surface area contributed by atoms with Gasteiger partial charge in [-0.05, 0) is 44.1 Å². The van der Waals surface area contributed by atoms with Gasteiger partial charge in [-0.3, -0.25) is 4.79 Å². The van der Waals surface area contributed by atoms with Gasteiger partial charge in [0.2, 0.25) is 11.9 Å². The zero-order valence-corrected chi connectivity index (χ0v) is 18.4. The normalized spacial score (nSPS) is 22.3. The van der Waals surface area contributed by atoms with E-state index >= 15 is 0 Å². The second kappa shape index (κ2) is 10.6. The third-order valence-electron chi connectivity index (χ3n) is 6.20. The van der Waals surface area contributed by atoms with Crippen molar-refractivity contribution in [3.8, 4) is 0 Å². The number of nitrogens with one attached hydrogen (secondary N) is 1. The maximum Gasteiger partial charge on any atom is 0.490 e. The molecule has 3 fully saturated rings. The number of aromatic nitrogens is 2. The first-order valence-corrected chi connectivity index (χ1v) is 10.9. The average Bonchev–Trinajstić information content (AvgIpc) is 3.18. The average molecular weight is 474 g/mol. The molecular formula is C21H29F3N4O5. The minimum atomic E-state index is -5.08. The van der Waals surface area contributed by atoms with Crippen LogP contribution in [0.1, 0.15) is 31.2 Å². The Balaban J connectivity index is 0.000000383. The molecule has 1 aromatic rings. The van der Waals surface area contributed by atoms with Crippen LogP contribution in [0.4, 0.5) is 19.1 Å². The first kappa shape index (κ1) is 25.2. The van der Waals surface area contributed by atoms with Crippen molar-refractivity contribution in [2.45, 2.75) is 44.4 Å². The van der Waals surface area contributed by atoms with Crippen LogP contribution >= 0.6 is 0 Å². The molecule has 3 saturated heterocycles. The number of carbonyl (C=O) groups excluding carboxylic acids is 1. The van der Waals surface area contributed by atoms with Gasteiger partial charge in [-0.1, -0.05) is 0 Å². The van der Waals surface area contributed by atoms with Crippen LogP contribution in [0.25, 0.3) is 0 Å². The molecule has 1 spiro atoms. The highest BCUT2D eigenvalue weighted by Crippen LogP contribution is 2.42. The molecule has 4 rings (SSSR count). The lowest BCUT2D eigenvalue weighted by molar-refractivity contribution is -0.192. The summed E-state index contributed by atoms with van der Waals surface area (Å²) in [7, 11) is 0. The van der Waals surface area contributed by atoms with Gasteiger partial charge in [0, 0.05) is 44.7 Å². The largest absolute Gasteiger partial charge is 0.490 e. The first-order chi connectivity index (χ1) is 15.6. The van der Waals surface area contributed by atoms with Crippen molar-refractivity contribution >= 4 is 17.8 Å². The monoisotopic (exact) mass is 474 g/mol. The van der Waals surface area contributed by atoms with Crippen LogP contribution in [-0.2, 0) is 19.1 Å².